The van der Waals surface area contributed by atoms with Crippen molar-refractivity contribution in [2.45, 2.75) is 13.5 Å². The van der Waals surface area contributed by atoms with Crippen molar-refractivity contribution in [2.75, 3.05) is 12.4 Å². The van der Waals surface area contributed by atoms with Crippen LogP contribution in [-0.4, -0.2) is 37.6 Å². The second-order valence-electron chi connectivity index (χ2n) is 7.91. The van der Waals surface area contributed by atoms with E-state index in [0.717, 1.165) is 28.3 Å². The van der Waals surface area contributed by atoms with E-state index in [1.807, 2.05) is 61.5 Å². The number of nitrogens with zero attached hydrogens (tertiary/aromatic N) is 5. The Labute approximate surface area is 201 Å². The second kappa shape index (κ2) is 9.60. The number of pyridine rings is 1. The largest absolute Gasteiger partial charge is 0.497 e. The van der Waals surface area contributed by atoms with Crippen molar-refractivity contribution in [1.82, 2.24) is 29.9 Å². The summed E-state index contributed by atoms with van der Waals surface area (Å²) in [6.45, 7) is 2.31. The van der Waals surface area contributed by atoms with Crippen molar-refractivity contribution in [3.8, 4) is 17.1 Å². The molecule has 1 amide bonds. The maximum Gasteiger partial charge on any atom is 0.254 e. The van der Waals surface area contributed by atoms with Gasteiger partial charge in [-0.3, -0.25) is 9.78 Å². The first-order valence-corrected chi connectivity index (χ1v) is 11.0. The summed E-state index contributed by atoms with van der Waals surface area (Å²) in [5, 5.41) is 10.9. The van der Waals surface area contributed by atoms with Crippen molar-refractivity contribution in [3.05, 3.63) is 95.9 Å². The first-order valence-electron chi connectivity index (χ1n) is 11.0. The first kappa shape index (κ1) is 22.0. The normalized spacial score (nSPS) is 10.8. The van der Waals surface area contributed by atoms with Crippen molar-refractivity contribution < 1.29 is 9.53 Å². The van der Waals surface area contributed by atoms with E-state index in [0.29, 0.717) is 29.5 Å². The van der Waals surface area contributed by atoms with Gasteiger partial charge in [-0.2, -0.15) is 9.50 Å². The van der Waals surface area contributed by atoms with E-state index >= 15 is 0 Å². The predicted octanol–water partition coefficient (Wildman–Crippen LogP) is 4.18. The lowest BCUT2D eigenvalue weighted by molar-refractivity contribution is 0.0951. The Balaban J connectivity index is 1.31. The summed E-state index contributed by atoms with van der Waals surface area (Å²) in [5.74, 6) is 2.35. The summed E-state index contributed by atoms with van der Waals surface area (Å²) in [4.78, 5) is 25.8. The summed E-state index contributed by atoms with van der Waals surface area (Å²) in [7, 11) is 1.62. The topological polar surface area (TPSA) is 106 Å². The number of amides is 1. The molecule has 3 aromatic heterocycles. The van der Waals surface area contributed by atoms with Gasteiger partial charge in [-0.1, -0.05) is 12.1 Å². The highest BCUT2D eigenvalue weighted by molar-refractivity contribution is 5.94. The highest BCUT2D eigenvalue weighted by Gasteiger charge is 2.12. The van der Waals surface area contributed by atoms with Crippen LogP contribution >= 0.6 is 0 Å². The number of fused-ring (bicyclic) bond motifs is 1. The number of benzene rings is 2. The highest BCUT2D eigenvalue weighted by atomic mass is 16.5. The third kappa shape index (κ3) is 4.93. The molecule has 174 valence electrons. The molecule has 3 heterocycles. The Kier molecular flexibility index (Phi) is 6.04. The number of anilines is 2. The van der Waals surface area contributed by atoms with Gasteiger partial charge in [0.25, 0.3) is 11.7 Å². The van der Waals surface area contributed by atoms with Gasteiger partial charge in [-0.05, 0) is 61.0 Å². The van der Waals surface area contributed by atoms with Gasteiger partial charge >= 0.3 is 0 Å². The molecular weight excluding hydrogens is 442 g/mol. The summed E-state index contributed by atoms with van der Waals surface area (Å²) in [6.07, 6.45) is 3.42. The van der Waals surface area contributed by atoms with E-state index in [1.165, 1.54) is 0 Å². The third-order valence-electron chi connectivity index (χ3n) is 5.37. The Morgan fingerprint density at radius 3 is 2.66 bits per heavy atom. The van der Waals surface area contributed by atoms with E-state index in [9.17, 15) is 4.79 Å². The SMILES string of the molecule is COc1cccc(CNC(=O)c2ccc(Nc3cc(C)nc4nc(-c5cccnc5)nn34)cc2)c1. The number of aryl methyl sites for hydroxylation is 1. The number of hydrogen-bond acceptors (Lipinski definition) is 7. The summed E-state index contributed by atoms with van der Waals surface area (Å²) < 4.78 is 6.89. The second-order valence-corrected chi connectivity index (χ2v) is 7.91. The predicted molar refractivity (Wildman–Crippen MR) is 133 cm³/mol. The van der Waals surface area contributed by atoms with Gasteiger partial charge in [-0.25, -0.2) is 4.98 Å². The molecule has 0 saturated carbocycles. The summed E-state index contributed by atoms with van der Waals surface area (Å²) in [6, 6.07) is 20.5. The summed E-state index contributed by atoms with van der Waals surface area (Å²) >= 11 is 0. The first-order chi connectivity index (χ1) is 17.1. The minimum absolute atomic E-state index is 0.154. The minimum atomic E-state index is -0.154. The molecule has 35 heavy (non-hydrogen) atoms. The van der Waals surface area contributed by atoms with Crippen molar-refractivity contribution >= 4 is 23.2 Å². The lowest BCUT2D eigenvalue weighted by Crippen LogP contribution is -2.22. The van der Waals surface area contributed by atoms with Gasteiger partial charge in [0.15, 0.2) is 5.82 Å². The molecular formula is C26H23N7O2. The smallest absolute Gasteiger partial charge is 0.254 e. The molecule has 5 aromatic rings. The van der Waals surface area contributed by atoms with E-state index < -0.39 is 0 Å². The molecule has 0 bridgehead atoms. The molecule has 0 aliphatic rings. The maximum atomic E-state index is 12.6. The third-order valence-corrected chi connectivity index (χ3v) is 5.37. The monoisotopic (exact) mass is 465 g/mol. The Hall–Kier alpha value is -4.79. The van der Waals surface area contributed by atoms with E-state index in [4.69, 9.17) is 4.74 Å². The molecule has 0 aliphatic carbocycles. The number of aromatic nitrogens is 5. The standard InChI is InChI=1S/C26H23N7O2/c1-17-13-23(33-26(29-17)31-24(32-33)20-6-4-12-27-16-20)30-21-10-8-19(9-11-21)25(34)28-15-18-5-3-7-22(14-18)35-2/h3-14,16,30H,15H2,1-2H3,(H,28,34). The van der Waals surface area contributed by atoms with Crippen LogP contribution in [0.25, 0.3) is 17.2 Å². The molecule has 2 N–H and O–H groups in total. The Morgan fingerprint density at radius 1 is 1.03 bits per heavy atom. The van der Waals surface area contributed by atoms with Crippen LogP contribution in [0.15, 0.2) is 79.1 Å². The van der Waals surface area contributed by atoms with Crippen LogP contribution < -0.4 is 15.4 Å². The van der Waals surface area contributed by atoms with Crippen LogP contribution in [0.4, 0.5) is 11.5 Å². The average Bonchev–Trinajstić information content (AvgIpc) is 3.33. The maximum absolute atomic E-state index is 12.6. The molecule has 0 spiro atoms. The van der Waals surface area contributed by atoms with Crippen LogP contribution in [0.5, 0.6) is 5.75 Å². The van der Waals surface area contributed by atoms with Crippen molar-refractivity contribution in [3.63, 3.8) is 0 Å². The Bertz CT molecular complexity index is 1480. The molecule has 0 fully saturated rings. The molecule has 0 unspecified atom stereocenters. The fourth-order valence-electron chi connectivity index (χ4n) is 3.61. The lowest BCUT2D eigenvalue weighted by Gasteiger charge is -2.10. The number of ether oxygens (including phenoxy) is 1. The zero-order valence-electron chi connectivity index (χ0n) is 19.3. The lowest BCUT2D eigenvalue weighted by atomic mass is 10.1. The number of rotatable bonds is 7. The molecule has 2 aromatic carbocycles. The van der Waals surface area contributed by atoms with Crippen LogP contribution in [0.2, 0.25) is 0 Å². The van der Waals surface area contributed by atoms with Gasteiger partial charge in [0, 0.05) is 47.5 Å². The number of carbonyl (C=O) groups is 1. The molecule has 0 saturated heterocycles. The minimum Gasteiger partial charge on any atom is -0.497 e. The van der Waals surface area contributed by atoms with Gasteiger partial charge in [0.1, 0.15) is 11.6 Å². The van der Waals surface area contributed by atoms with E-state index in [-0.39, 0.29) is 5.91 Å². The molecule has 0 aliphatic heterocycles. The molecule has 9 heteroatoms. The highest BCUT2D eigenvalue weighted by Crippen LogP contribution is 2.21. The number of methoxy groups -OCH3 is 1. The zero-order chi connectivity index (χ0) is 24.2. The zero-order valence-corrected chi connectivity index (χ0v) is 19.3. The molecule has 5 rings (SSSR count). The van der Waals surface area contributed by atoms with Crippen LogP contribution in [-0.2, 0) is 6.54 Å². The average molecular weight is 466 g/mol. The van der Waals surface area contributed by atoms with Gasteiger partial charge < -0.3 is 15.4 Å². The van der Waals surface area contributed by atoms with Crippen molar-refractivity contribution in [1.29, 1.82) is 0 Å². The van der Waals surface area contributed by atoms with Crippen LogP contribution in [0.1, 0.15) is 21.6 Å². The van der Waals surface area contributed by atoms with E-state index in [1.54, 1.807) is 36.2 Å². The van der Waals surface area contributed by atoms with Crippen LogP contribution in [0, 0.1) is 6.92 Å². The van der Waals surface area contributed by atoms with Crippen molar-refractivity contribution in [2.24, 2.45) is 0 Å². The number of nitrogens with one attached hydrogen (secondary N) is 2. The molecule has 0 atom stereocenters. The quantitative estimate of drug-likeness (QED) is 0.371. The number of carbonyl (C=O) groups excluding carboxylic acids is 1. The Morgan fingerprint density at radius 2 is 1.89 bits per heavy atom. The fraction of sp³-hybridized carbons (Fsp3) is 0.115. The summed E-state index contributed by atoms with van der Waals surface area (Å²) in [5.41, 5.74) is 3.95. The molecule has 9 nitrogen and oxygen atoms in total. The van der Waals surface area contributed by atoms with Gasteiger partial charge in [-0.15, -0.1) is 5.10 Å². The van der Waals surface area contributed by atoms with E-state index in [2.05, 4.69) is 30.7 Å². The molecule has 0 radical (unpaired) electrons. The fourth-order valence-corrected chi connectivity index (χ4v) is 3.61. The van der Waals surface area contributed by atoms with Gasteiger partial charge in [0.2, 0.25) is 0 Å². The van der Waals surface area contributed by atoms with Crippen LogP contribution in [0.3, 0.4) is 0 Å². The van der Waals surface area contributed by atoms with Gasteiger partial charge in [0.05, 0.1) is 7.11 Å². The number of hydrogen-bond donors (Lipinski definition) is 2.